The molecule has 0 saturated heterocycles. The van der Waals surface area contributed by atoms with Crippen molar-refractivity contribution < 1.29 is 22.3 Å². The monoisotopic (exact) mass is 410 g/mol. The maximum Gasteiger partial charge on any atom is 2.00 e. The number of carbonyl (C=O) groups excluding carboxylic acids is 1. The van der Waals surface area contributed by atoms with Gasteiger partial charge >= 0.3 is 49.7 Å². The number of carboxylic acid groups (broad SMARTS) is 1. The molecule has 0 aromatic rings. The Kier molecular flexibility index (Phi) is 25.9. The van der Waals surface area contributed by atoms with Gasteiger partial charge < -0.3 is 12.7 Å². The number of esters is 1. The quantitative estimate of drug-likeness (QED) is 0.118. The third kappa shape index (κ3) is 25.9. The van der Waals surface area contributed by atoms with Crippen LogP contribution in [0.15, 0.2) is 12.2 Å². The molecule has 0 rings (SSSR count). The third-order valence-electron chi connectivity index (χ3n) is 4.60. The first kappa shape index (κ1) is 29.1. The minimum atomic E-state index is -1.13. The van der Waals surface area contributed by atoms with Crippen molar-refractivity contribution in [2.24, 2.45) is 0 Å². The van der Waals surface area contributed by atoms with Crippen molar-refractivity contribution >= 4 is 49.7 Å². The molecule has 0 saturated carbocycles. The van der Waals surface area contributed by atoms with E-state index < -0.39 is 11.9 Å². The summed E-state index contributed by atoms with van der Waals surface area (Å²) in [6.45, 7) is 2.64. The van der Waals surface area contributed by atoms with Crippen LogP contribution < -0.4 is 0 Å². The van der Waals surface area contributed by atoms with Gasteiger partial charge in [-0.05, 0) is 6.42 Å². The summed E-state index contributed by atoms with van der Waals surface area (Å²) in [5, 5.41) is 8.39. The summed E-state index contributed by atoms with van der Waals surface area (Å²) in [4.78, 5) is 21.4. The van der Waals surface area contributed by atoms with E-state index in [0.717, 1.165) is 25.0 Å². The second-order valence-corrected chi connectivity index (χ2v) is 7.14. The first-order valence-corrected chi connectivity index (χ1v) is 10.7. The predicted octanol–water partition coefficient (Wildman–Crippen LogP) is 6.28. The molecule has 5 heteroatoms. The molecular weight excluding hydrogens is 368 g/mol. The average Bonchev–Trinajstić information content (AvgIpc) is 2.62. The van der Waals surface area contributed by atoms with Crippen LogP contribution in [0.5, 0.6) is 0 Å². The standard InChI is InChI=1S/C22H40O4.Ca.2H/c1-2-3-4-5-6-7-8-9-10-11-12-13-14-15-16-17-20-26-22(25)19-18-21(23)24;;;/h18-19H,2-17,20H2,1H3,(H,23,24);;;/q;+2;2*-1/b19-18+;;;. The molecule has 0 spiro atoms. The zero-order valence-electron chi connectivity index (χ0n) is 19.6. The molecule has 0 radical (unpaired) electrons. The van der Waals surface area contributed by atoms with E-state index in [1.165, 1.54) is 89.9 Å². The first-order chi connectivity index (χ1) is 12.7. The molecule has 0 aliphatic heterocycles. The second-order valence-electron chi connectivity index (χ2n) is 7.14. The Labute approximate surface area is 199 Å². The van der Waals surface area contributed by atoms with E-state index in [1.54, 1.807) is 0 Å². The van der Waals surface area contributed by atoms with Gasteiger partial charge in [0.1, 0.15) is 0 Å². The number of ether oxygens (including phenoxy) is 1. The van der Waals surface area contributed by atoms with Gasteiger partial charge in [0.2, 0.25) is 0 Å². The molecule has 0 amide bonds. The number of rotatable bonds is 19. The van der Waals surface area contributed by atoms with Crippen molar-refractivity contribution in [1.82, 2.24) is 0 Å². The average molecular weight is 411 g/mol. The molecule has 0 unspecified atom stereocenters. The molecule has 0 fully saturated rings. The minimum absolute atomic E-state index is 0. The zero-order valence-corrected chi connectivity index (χ0v) is 19.8. The van der Waals surface area contributed by atoms with Crippen LogP contribution in [0.4, 0.5) is 0 Å². The first-order valence-electron chi connectivity index (χ1n) is 10.7. The number of unbranched alkanes of at least 4 members (excludes halogenated alkanes) is 15. The SMILES string of the molecule is CCCCCCCCCCCCCCCCCCOC(=O)/C=C/C(=O)O.[Ca+2].[H-].[H-]. The van der Waals surface area contributed by atoms with Gasteiger partial charge in [-0.3, -0.25) is 0 Å². The van der Waals surface area contributed by atoms with E-state index in [-0.39, 0.29) is 40.6 Å². The maximum atomic E-state index is 11.1. The van der Waals surface area contributed by atoms with Crippen molar-refractivity contribution in [3.05, 3.63) is 12.2 Å². The molecule has 0 aromatic carbocycles. The summed E-state index contributed by atoms with van der Waals surface area (Å²) < 4.78 is 4.92. The molecule has 0 aliphatic rings. The normalized spacial score (nSPS) is 10.7. The number of carbonyl (C=O) groups is 2. The fourth-order valence-corrected chi connectivity index (χ4v) is 3.01. The third-order valence-corrected chi connectivity index (χ3v) is 4.60. The van der Waals surface area contributed by atoms with Crippen molar-refractivity contribution in [1.29, 1.82) is 0 Å². The summed E-state index contributed by atoms with van der Waals surface area (Å²) >= 11 is 0. The number of aliphatic carboxylic acids is 1. The molecule has 0 atom stereocenters. The molecule has 0 heterocycles. The molecule has 1 N–H and O–H groups in total. The van der Waals surface area contributed by atoms with Crippen LogP contribution in [-0.2, 0) is 14.3 Å². The van der Waals surface area contributed by atoms with E-state index in [2.05, 4.69) is 6.92 Å². The fourth-order valence-electron chi connectivity index (χ4n) is 3.01. The molecule has 0 aromatic heterocycles. The van der Waals surface area contributed by atoms with Gasteiger partial charge in [0.15, 0.2) is 0 Å². The van der Waals surface area contributed by atoms with E-state index in [0.29, 0.717) is 6.61 Å². The Morgan fingerprint density at radius 1 is 0.704 bits per heavy atom. The Balaban J connectivity index is -0.00000104. The van der Waals surface area contributed by atoms with Crippen LogP contribution in [-0.4, -0.2) is 61.4 Å². The Bertz CT molecular complexity index is 380. The van der Waals surface area contributed by atoms with Gasteiger partial charge in [-0.25, -0.2) is 9.59 Å². The van der Waals surface area contributed by atoms with E-state index in [4.69, 9.17) is 9.84 Å². The summed E-state index contributed by atoms with van der Waals surface area (Å²) in [6.07, 6.45) is 22.7. The molecule has 4 nitrogen and oxygen atoms in total. The Morgan fingerprint density at radius 3 is 1.44 bits per heavy atom. The van der Waals surface area contributed by atoms with Gasteiger partial charge in [0.05, 0.1) is 6.61 Å². The van der Waals surface area contributed by atoms with Crippen molar-refractivity contribution in [2.75, 3.05) is 6.61 Å². The van der Waals surface area contributed by atoms with Gasteiger partial charge in [0, 0.05) is 12.2 Å². The van der Waals surface area contributed by atoms with Crippen molar-refractivity contribution in [3.63, 3.8) is 0 Å². The Hall–Kier alpha value is -0.0603. The zero-order chi connectivity index (χ0) is 19.3. The van der Waals surface area contributed by atoms with Gasteiger partial charge in [-0.1, -0.05) is 103 Å². The maximum absolute atomic E-state index is 11.1. The fraction of sp³-hybridized carbons (Fsp3) is 0.818. The summed E-state index contributed by atoms with van der Waals surface area (Å²) in [5.41, 5.74) is 0. The van der Waals surface area contributed by atoms with E-state index in [1.807, 2.05) is 0 Å². The molecule has 0 bridgehead atoms. The van der Waals surface area contributed by atoms with Crippen LogP contribution in [0.1, 0.15) is 113 Å². The summed E-state index contributed by atoms with van der Waals surface area (Å²) in [7, 11) is 0. The van der Waals surface area contributed by atoms with Gasteiger partial charge in [0.25, 0.3) is 0 Å². The van der Waals surface area contributed by atoms with Gasteiger partial charge in [-0.15, -0.1) is 0 Å². The van der Waals surface area contributed by atoms with E-state index in [9.17, 15) is 9.59 Å². The van der Waals surface area contributed by atoms with Crippen molar-refractivity contribution in [2.45, 2.75) is 110 Å². The number of hydrogen-bond donors (Lipinski definition) is 1. The van der Waals surface area contributed by atoms with Crippen LogP contribution in [0.3, 0.4) is 0 Å². The van der Waals surface area contributed by atoms with E-state index >= 15 is 0 Å². The minimum Gasteiger partial charge on any atom is -1.00 e. The van der Waals surface area contributed by atoms with Crippen LogP contribution in [0, 0.1) is 0 Å². The van der Waals surface area contributed by atoms with Crippen LogP contribution in [0.25, 0.3) is 0 Å². The predicted molar refractivity (Wildman–Crippen MR) is 115 cm³/mol. The largest absolute Gasteiger partial charge is 2.00 e. The summed E-state index contributed by atoms with van der Waals surface area (Å²) in [5.74, 6) is -1.71. The molecule has 0 aliphatic carbocycles. The second kappa shape index (κ2) is 24.0. The molecular formula is C22H42CaO4. The van der Waals surface area contributed by atoms with Gasteiger partial charge in [-0.2, -0.15) is 0 Å². The number of carboxylic acids is 1. The van der Waals surface area contributed by atoms with Crippen molar-refractivity contribution in [3.8, 4) is 0 Å². The molecule has 156 valence electrons. The topological polar surface area (TPSA) is 63.6 Å². The van der Waals surface area contributed by atoms with Crippen LogP contribution >= 0.6 is 0 Å². The van der Waals surface area contributed by atoms with Crippen LogP contribution in [0.2, 0.25) is 0 Å². The Morgan fingerprint density at radius 2 is 1.07 bits per heavy atom. The summed E-state index contributed by atoms with van der Waals surface area (Å²) in [6, 6.07) is 0. The smallest absolute Gasteiger partial charge is 1.00 e. The molecule has 27 heavy (non-hydrogen) atoms. The number of hydrogen-bond acceptors (Lipinski definition) is 3.